The molecule has 1 aliphatic heterocycles. The second kappa shape index (κ2) is 8.83. The molecule has 3 unspecified atom stereocenters. The van der Waals surface area contributed by atoms with Gasteiger partial charge in [0, 0.05) is 19.1 Å². The molecular formula is C19H23ClN2O2. The van der Waals surface area contributed by atoms with Crippen LogP contribution >= 0.6 is 12.4 Å². The van der Waals surface area contributed by atoms with Crippen molar-refractivity contribution in [3.05, 3.63) is 71.8 Å². The van der Waals surface area contributed by atoms with Crippen molar-refractivity contribution in [2.24, 2.45) is 5.73 Å². The molecule has 1 amide bonds. The van der Waals surface area contributed by atoms with Crippen molar-refractivity contribution in [2.45, 2.75) is 31.0 Å². The number of hydrogen-bond acceptors (Lipinski definition) is 3. The van der Waals surface area contributed by atoms with Crippen LogP contribution in [0.2, 0.25) is 0 Å². The summed E-state index contributed by atoms with van der Waals surface area (Å²) in [7, 11) is 0. The molecule has 1 fully saturated rings. The van der Waals surface area contributed by atoms with Gasteiger partial charge in [-0.05, 0) is 17.5 Å². The number of ether oxygens (including phenoxy) is 1. The highest BCUT2D eigenvalue weighted by atomic mass is 35.5. The van der Waals surface area contributed by atoms with Crippen LogP contribution in [0.1, 0.15) is 36.1 Å². The first-order chi connectivity index (χ1) is 11.2. The fraction of sp³-hybridized carbons (Fsp3) is 0.316. The van der Waals surface area contributed by atoms with E-state index in [4.69, 9.17) is 10.5 Å². The molecule has 0 radical (unpaired) electrons. The van der Waals surface area contributed by atoms with E-state index in [0.29, 0.717) is 6.61 Å². The van der Waals surface area contributed by atoms with Crippen LogP contribution in [0.25, 0.3) is 0 Å². The van der Waals surface area contributed by atoms with Crippen molar-refractivity contribution in [2.75, 3.05) is 6.61 Å². The number of carbonyl (C=O) groups is 1. The van der Waals surface area contributed by atoms with E-state index < -0.39 is 0 Å². The molecule has 3 atom stereocenters. The van der Waals surface area contributed by atoms with Crippen molar-refractivity contribution in [3.8, 4) is 0 Å². The first kappa shape index (κ1) is 18.5. The molecule has 1 aliphatic rings. The molecule has 0 saturated carbocycles. The third kappa shape index (κ3) is 4.57. The SMILES string of the molecule is Cl.NC(CC(=O)NC1CCOC1c1ccccc1)c1ccccc1. The molecule has 128 valence electrons. The maximum absolute atomic E-state index is 12.3. The molecule has 24 heavy (non-hydrogen) atoms. The molecule has 2 aromatic carbocycles. The number of rotatable bonds is 5. The molecule has 0 aliphatic carbocycles. The fourth-order valence-corrected chi connectivity index (χ4v) is 2.99. The lowest BCUT2D eigenvalue weighted by Gasteiger charge is -2.21. The van der Waals surface area contributed by atoms with Gasteiger partial charge in [-0.15, -0.1) is 12.4 Å². The Kier molecular flexibility index (Phi) is 6.79. The van der Waals surface area contributed by atoms with Gasteiger partial charge in [-0.3, -0.25) is 4.79 Å². The lowest BCUT2D eigenvalue weighted by Crippen LogP contribution is -2.38. The summed E-state index contributed by atoms with van der Waals surface area (Å²) in [5.74, 6) is -0.0298. The van der Waals surface area contributed by atoms with E-state index in [1.54, 1.807) is 0 Å². The number of halogens is 1. The number of nitrogens with one attached hydrogen (secondary N) is 1. The second-order valence-electron chi connectivity index (χ2n) is 5.89. The van der Waals surface area contributed by atoms with Crippen LogP contribution < -0.4 is 11.1 Å². The minimum Gasteiger partial charge on any atom is -0.371 e. The number of nitrogens with two attached hydrogens (primary N) is 1. The standard InChI is InChI=1S/C19H22N2O2.ClH/c20-16(14-7-3-1-4-8-14)13-18(22)21-17-11-12-23-19(17)15-9-5-2-6-10-15;/h1-10,16-17,19H,11-13,20H2,(H,21,22);1H. The lowest BCUT2D eigenvalue weighted by molar-refractivity contribution is -0.122. The van der Waals surface area contributed by atoms with Crippen LogP contribution in [-0.2, 0) is 9.53 Å². The second-order valence-corrected chi connectivity index (χ2v) is 5.89. The molecule has 0 spiro atoms. The minimum absolute atomic E-state index is 0. The number of benzene rings is 2. The zero-order valence-corrected chi connectivity index (χ0v) is 14.2. The molecule has 0 bridgehead atoms. The maximum Gasteiger partial charge on any atom is 0.222 e. The molecule has 3 N–H and O–H groups in total. The van der Waals surface area contributed by atoms with Gasteiger partial charge < -0.3 is 15.8 Å². The van der Waals surface area contributed by atoms with Crippen molar-refractivity contribution >= 4 is 18.3 Å². The fourth-order valence-electron chi connectivity index (χ4n) is 2.99. The average Bonchev–Trinajstić information content (AvgIpc) is 3.04. The van der Waals surface area contributed by atoms with Crippen LogP contribution in [0, 0.1) is 0 Å². The number of hydrogen-bond donors (Lipinski definition) is 2. The van der Waals surface area contributed by atoms with Gasteiger partial charge in [0.05, 0.1) is 6.04 Å². The molecule has 2 aromatic rings. The third-order valence-corrected chi connectivity index (χ3v) is 4.20. The Hall–Kier alpha value is -1.88. The molecule has 0 aromatic heterocycles. The van der Waals surface area contributed by atoms with E-state index in [1.165, 1.54) is 0 Å². The Bertz CT molecular complexity index is 636. The van der Waals surface area contributed by atoms with Crippen LogP contribution in [0.15, 0.2) is 60.7 Å². The highest BCUT2D eigenvalue weighted by Crippen LogP contribution is 2.29. The van der Waals surface area contributed by atoms with Gasteiger partial charge >= 0.3 is 0 Å². The smallest absolute Gasteiger partial charge is 0.222 e. The predicted octanol–water partition coefficient (Wildman–Crippen LogP) is 3.14. The topological polar surface area (TPSA) is 64.4 Å². The van der Waals surface area contributed by atoms with Gasteiger partial charge in [0.25, 0.3) is 0 Å². The summed E-state index contributed by atoms with van der Waals surface area (Å²) in [5.41, 5.74) is 8.20. The summed E-state index contributed by atoms with van der Waals surface area (Å²) < 4.78 is 5.80. The molecular weight excluding hydrogens is 324 g/mol. The molecule has 1 heterocycles. The lowest BCUT2D eigenvalue weighted by atomic mass is 10.0. The van der Waals surface area contributed by atoms with Crippen LogP contribution in [0.4, 0.5) is 0 Å². The zero-order chi connectivity index (χ0) is 16.1. The summed E-state index contributed by atoms with van der Waals surface area (Å²) >= 11 is 0. The Morgan fingerprint density at radius 2 is 1.75 bits per heavy atom. The number of carbonyl (C=O) groups excluding carboxylic acids is 1. The van der Waals surface area contributed by atoms with Crippen LogP contribution in [0.3, 0.4) is 0 Å². The Morgan fingerprint density at radius 1 is 1.12 bits per heavy atom. The van der Waals surface area contributed by atoms with Crippen LogP contribution in [0.5, 0.6) is 0 Å². The summed E-state index contributed by atoms with van der Waals surface area (Å²) in [4.78, 5) is 12.3. The van der Waals surface area contributed by atoms with E-state index in [-0.39, 0.29) is 42.9 Å². The van der Waals surface area contributed by atoms with Gasteiger partial charge in [-0.1, -0.05) is 60.7 Å². The first-order valence-corrected chi connectivity index (χ1v) is 8.00. The van der Waals surface area contributed by atoms with E-state index in [2.05, 4.69) is 5.32 Å². The Balaban J connectivity index is 0.00000208. The molecule has 1 saturated heterocycles. The average molecular weight is 347 g/mol. The minimum atomic E-state index is -0.284. The van der Waals surface area contributed by atoms with E-state index >= 15 is 0 Å². The Morgan fingerprint density at radius 3 is 2.42 bits per heavy atom. The van der Waals surface area contributed by atoms with Crippen molar-refractivity contribution < 1.29 is 9.53 Å². The largest absolute Gasteiger partial charge is 0.371 e. The van der Waals surface area contributed by atoms with Crippen molar-refractivity contribution in [1.82, 2.24) is 5.32 Å². The van der Waals surface area contributed by atoms with Gasteiger partial charge in [-0.2, -0.15) is 0 Å². The first-order valence-electron chi connectivity index (χ1n) is 8.00. The summed E-state index contributed by atoms with van der Waals surface area (Å²) in [5, 5.41) is 3.08. The van der Waals surface area contributed by atoms with Gasteiger partial charge in [0.15, 0.2) is 0 Å². The van der Waals surface area contributed by atoms with Gasteiger partial charge in [-0.25, -0.2) is 0 Å². The van der Waals surface area contributed by atoms with E-state index in [1.807, 2.05) is 60.7 Å². The molecule has 5 heteroatoms. The van der Waals surface area contributed by atoms with Crippen molar-refractivity contribution in [1.29, 1.82) is 0 Å². The summed E-state index contributed by atoms with van der Waals surface area (Å²) in [6.45, 7) is 0.662. The van der Waals surface area contributed by atoms with Gasteiger partial charge in [0.1, 0.15) is 6.10 Å². The normalized spacial score (nSPS) is 20.9. The summed E-state index contributed by atoms with van der Waals surface area (Å²) in [6.07, 6.45) is 1.03. The highest BCUT2D eigenvalue weighted by Gasteiger charge is 2.31. The predicted molar refractivity (Wildman–Crippen MR) is 96.9 cm³/mol. The number of amides is 1. The highest BCUT2D eigenvalue weighted by molar-refractivity contribution is 5.85. The van der Waals surface area contributed by atoms with Crippen molar-refractivity contribution in [3.63, 3.8) is 0 Å². The monoisotopic (exact) mass is 346 g/mol. The summed E-state index contributed by atoms with van der Waals surface area (Å²) in [6, 6.07) is 19.4. The zero-order valence-electron chi connectivity index (χ0n) is 13.4. The van der Waals surface area contributed by atoms with E-state index in [0.717, 1.165) is 17.5 Å². The Labute approximate surface area is 148 Å². The third-order valence-electron chi connectivity index (χ3n) is 4.20. The maximum atomic E-state index is 12.3. The molecule has 3 rings (SSSR count). The van der Waals surface area contributed by atoms with Gasteiger partial charge in [0.2, 0.25) is 5.91 Å². The van der Waals surface area contributed by atoms with E-state index in [9.17, 15) is 4.79 Å². The van der Waals surface area contributed by atoms with Crippen LogP contribution in [-0.4, -0.2) is 18.6 Å². The molecule has 4 nitrogen and oxygen atoms in total. The quantitative estimate of drug-likeness (QED) is 0.874.